The number of nitrogen functional groups attached to an aromatic ring is 2. The lowest BCUT2D eigenvalue weighted by Gasteiger charge is -2.08. The topological polar surface area (TPSA) is 81.5 Å². The van der Waals surface area contributed by atoms with E-state index in [1.807, 2.05) is 0 Å². The minimum atomic E-state index is 0.192. The molecule has 82 valence electrons. The lowest BCUT2D eigenvalue weighted by Crippen LogP contribution is -1.94. The SMILES string of the molecule is Nc1ccc(Oc2ccc(O)cc2)c(N)c1. The minimum absolute atomic E-state index is 0.192. The molecule has 0 amide bonds. The Kier molecular flexibility index (Phi) is 2.55. The van der Waals surface area contributed by atoms with Crippen LogP contribution in [0, 0.1) is 0 Å². The number of ether oxygens (including phenoxy) is 1. The molecule has 4 heteroatoms. The smallest absolute Gasteiger partial charge is 0.150 e. The molecular formula is C12H12N2O2. The van der Waals surface area contributed by atoms with Gasteiger partial charge in [0.2, 0.25) is 0 Å². The van der Waals surface area contributed by atoms with Crippen molar-refractivity contribution in [2.45, 2.75) is 0 Å². The number of anilines is 2. The number of phenols is 1. The number of hydrogen-bond donors (Lipinski definition) is 3. The lowest BCUT2D eigenvalue weighted by atomic mass is 10.2. The Morgan fingerprint density at radius 1 is 0.938 bits per heavy atom. The first-order valence-corrected chi connectivity index (χ1v) is 4.77. The van der Waals surface area contributed by atoms with Crippen LogP contribution in [0.15, 0.2) is 42.5 Å². The van der Waals surface area contributed by atoms with Crippen LogP contribution < -0.4 is 16.2 Å². The number of rotatable bonds is 2. The zero-order valence-corrected chi connectivity index (χ0v) is 8.55. The Labute approximate surface area is 93.1 Å². The van der Waals surface area contributed by atoms with Crippen molar-refractivity contribution < 1.29 is 9.84 Å². The second kappa shape index (κ2) is 4.02. The van der Waals surface area contributed by atoms with Crippen LogP contribution in [-0.2, 0) is 0 Å². The molecule has 5 N–H and O–H groups in total. The highest BCUT2D eigenvalue weighted by Crippen LogP contribution is 2.29. The summed E-state index contributed by atoms with van der Waals surface area (Å²) in [5.74, 6) is 1.34. The number of aromatic hydroxyl groups is 1. The van der Waals surface area contributed by atoms with Gasteiger partial charge in [-0.2, -0.15) is 0 Å². The highest BCUT2D eigenvalue weighted by atomic mass is 16.5. The molecular weight excluding hydrogens is 204 g/mol. The van der Waals surface area contributed by atoms with Crippen LogP contribution >= 0.6 is 0 Å². The van der Waals surface area contributed by atoms with Gasteiger partial charge in [0.15, 0.2) is 0 Å². The van der Waals surface area contributed by atoms with E-state index >= 15 is 0 Å². The third-order valence-corrected chi connectivity index (χ3v) is 2.10. The van der Waals surface area contributed by atoms with Gasteiger partial charge in [-0.3, -0.25) is 0 Å². The van der Waals surface area contributed by atoms with Gasteiger partial charge in [-0.1, -0.05) is 0 Å². The van der Waals surface area contributed by atoms with Crippen LogP contribution in [0.25, 0.3) is 0 Å². The monoisotopic (exact) mass is 216 g/mol. The lowest BCUT2D eigenvalue weighted by molar-refractivity contribution is 0.465. The zero-order chi connectivity index (χ0) is 11.5. The summed E-state index contributed by atoms with van der Waals surface area (Å²) in [5, 5.41) is 9.12. The van der Waals surface area contributed by atoms with E-state index in [1.165, 1.54) is 0 Å². The third-order valence-electron chi connectivity index (χ3n) is 2.10. The Morgan fingerprint density at radius 3 is 2.25 bits per heavy atom. The molecule has 0 bridgehead atoms. The van der Waals surface area contributed by atoms with Gasteiger partial charge in [0.25, 0.3) is 0 Å². The van der Waals surface area contributed by atoms with Gasteiger partial charge in [-0.15, -0.1) is 0 Å². The van der Waals surface area contributed by atoms with Crippen LogP contribution in [-0.4, -0.2) is 5.11 Å². The second-order valence-electron chi connectivity index (χ2n) is 3.39. The van der Waals surface area contributed by atoms with Gasteiger partial charge in [0.05, 0.1) is 5.69 Å². The van der Waals surface area contributed by atoms with E-state index in [2.05, 4.69) is 0 Å². The van der Waals surface area contributed by atoms with Crippen molar-refractivity contribution in [1.82, 2.24) is 0 Å². The first kappa shape index (κ1) is 10.2. The average Bonchev–Trinajstić information content (AvgIpc) is 2.25. The maximum absolute atomic E-state index is 9.12. The summed E-state index contributed by atoms with van der Waals surface area (Å²) in [6.45, 7) is 0. The van der Waals surface area contributed by atoms with Gasteiger partial charge in [-0.25, -0.2) is 0 Å². The van der Waals surface area contributed by atoms with Gasteiger partial charge in [0.1, 0.15) is 17.2 Å². The Morgan fingerprint density at radius 2 is 1.62 bits per heavy atom. The fourth-order valence-electron chi connectivity index (χ4n) is 1.30. The molecule has 0 fully saturated rings. The Hall–Kier alpha value is -2.36. The van der Waals surface area contributed by atoms with Crippen molar-refractivity contribution in [3.8, 4) is 17.2 Å². The summed E-state index contributed by atoms with van der Waals surface area (Å²) in [5.41, 5.74) is 12.4. The van der Waals surface area contributed by atoms with E-state index in [0.29, 0.717) is 22.9 Å². The molecule has 16 heavy (non-hydrogen) atoms. The summed E-state index contributed by atoms with van der Waals surface area (Å²) >= 11 is 0. The average molecular weight is 216 g/mol. The highest BCUT2D eigenvalue weighted by molar-refractivity contribution is 5.61. The first-order valence-electron chi connectivity index (χ1n) is 4.77. The normalized spacial score (nSPS) is 10.0. The van der Waals surface area contributed by atoms with E-state index in [-0.39, 0.29) is 5.75 Å². The number of phenolic OH excluding ortho intramolecular Hbond substituents is 1. The maximum atomic E-state index is 9.12. The largest absolute Gasteiger partial charge is 0.508 e. The molecule has 2 aromatic carbocycles. The van der Waals surface area contributed by atoms with E-state index in [9.17, 15) is 0 Å². The molecule has 0 saturated carbocycles. The van der Waals surface area contributed by atoms with Crippen molar-refractivity contribution >= 4 is 11.4 Å². The van der Waals surface area contributed by atoms with Gasteiger partial charge < -0.3 is 21.3 Å². The van der Waals surface area contributed by atoms with Crippen molar-refractivity contribution in [2.75, 3.05) is 11.5 Å². The van der Waals surface area contributed by atoms with Crippen molar-refractivity contribution in [3.63, 3.8) is 0 Å². The molecule has 0 unspecified atom stereocenters. The minimum Gasteiger partial charge on any atom is -0.508 e. The molecule has 0 radical (unpaired) electrons. The van der Waals surface area contributed by atoms with Crippen LogP contribution in [0.2, 0.25) is 0 Å². The van der Waals surface area contributed by atoms with Gasteiger partial charge >= 0.3 is 0 Å². The Balaban J connectivity index is 2.23. The summed E-state index contributed by atoms with van der Waals surface area (Å²) in [7, 11) is 0. The molecule has 0 atom stereocenters. The van der Waals surface area contributed by atoms with E-state index in [0.717, 1.165) is 0 Å². The molecule has 0 saturated heterocycles. The molecule has 2 rings (SSSR count). The van der Waals surface area contributed by atoms with E-state index < -0.39 is 0 Å². The summed E-state index contributed by atoms with van der Waals surface area (Å²) < 4.78 is 5.53. The summed E-state index contributed by atoms with van der Waals surface area (Å²) in [6, 6.07) is 11.5. The predicted molar refractivity (Wildman–Crippen MR) is 63.4 cm³/mol. The molecule has 2 aromatic rings. The van der Waals surface area contributed by atoms with E-state index in [4.69, 9.17) is 21.3 Å². The molecule has 0 aromatic heterocycles. The quantitative estimate of drug-likeness (QED) is 0.673. The maximum Gasteiger partial charge on any atom is 0.150 e. The van der Waals surface area contributed by atoms with Crippen LogP contribution in [0.4, 0.5) is 11.4 Å². The Bertz CT molecular complexity index is 495. The highest BCUT2D eigenvalue weighted by Gasteiger charge is 2.02. The van der Waals surface area contributed by atoms with Crippen molar-refractivity contribution in [3.05, 3.63) is 42.5 Å². The van der Waals surface area contributed by atoms with Crippen LogP contribution in [0.1, 0.15) is 0 Å². The zero-order valence-electron chi connectivity index (χ0n) is 8.55. The first-order chi connectivity index (χ1) is 7.65. The third kappa shape index (κ3) is 2.17. The molecule has 0 aliphatic carbocycles. The number of nitrogens with two attached hydrogens (primary N) is 2. The fourth-order valence-corrected chi connectivity index (χ4v) is 1.30. The van der Waals surface area contributed by atoms with Crippen LogP contribution in [0.5, 0.6) is 17.2 Å². The van der Waals surface area contributed by atoms with Gasteiger partial charge in [-0.05, 0) is 42.5 Å². The number of benzene rings is 2. The molecule has 0 heterocycles. The van der Waals surface area contributed by atoms with Gasteiger partial charge in [0, 0.05) is 5.69 Å². The summed E-state index contributed by atoms with van der Waals surface area (Å²) in [6.07, 6.45) is 0. The molecule has 0 aliphatic heterocycles. The molecule has 0 spiro atoms. The molecule has 0 aliphatic rings. The predicted octanol–water partition coefficient (Wildman–Crippen LogP) is 2.35. The second-order valence-corrected chi connectivity index (χ2v) is 3.39. The molecule has 4 nitrogen and oxygen atoms in total. The van der Waals surface area contributed by atoms with Crippen molar-refractivity contribution in [1.29, 1.82) is 0 Å². The summed E-state index contributed by atoms with van der Waals surface area (Å²) in [4.78, 5) is 0. The number of hydrogen-bond acceptors (Lipinski definition) is 4. The fraction of sp³-hybridized carbons (Fsp3) is 0. The standard InChI is InChI=1S/C12H12N2O2/c13-8-1-6-12(11(14)7-8)16-10-4-2-9(15)3-5-10/h1-7,15H,13-14H2. The van der Waals surface area contributed by atoms with E-state index in [1.54, 1.807) is 42.5 Å². The van der Waals surface area contributed by atoms with Crippen LogP contribution in [0.3, 0.4) is 0 Å². The van der Waals surface area contributed by atoms with Crippen molar-refractivity contribution in [2.24, 2.45) is 0 Å².